The van der Waals surface area contributed by atoms with Gasteiger partial charge in [0.15, 0.2) is 0 Å². The lowest BCUT2D eigenvalue weighted by Crippen LogP contribution is -2.03. The molecule has 0 N–H and O–H groups in total. The maximum Gasteiger partial charge on any atom is 0.131 e. The summed E-state index contributed by atoms with van der Waals surface area (Å²) in [6.45, 7) is 2.22. The van der Waals surface area contributed by atoms with Gasteiger partial charge in [-0.05, 0) is 36.8 Å². The Balaban J connectivity index is 2.09. The van der Waals surface area contributed by atoms with E-state index in [0.717, 1.165) is 16.5 Å². The number of hydrogen-bond donors (Lipinski definition) is 0. The van der Waals surface area contributed by atoms with Gasteiger partial charge in [0.05, 0.1) is 6.54 Å². The van der Waals surface area contributed by atoms with Crippen molar-refractivity contribution < 1.29 is 8.78 Å². The predicted octanol–water partition coefficient (Wildman–Crippen LogP) is 4.28. The second-order valence-electron chi connectivity index (χ2n) is 4.65. The predicted molar refractivity (Wildman–Crippen MR) is 72.1 cm³/mol. The Labute approximate surface area is 110 Å². The summed E-state index contributed by atoms with van der Waals surface area (Å²) in [6, 6.07) is 11.9. The number of aryl methyl sites for hydroxylation is 1. The first kappa shape index (κ1) is 11.9. The molecule has 0 aliphatic rings. The summed E-state index contributed by atoms with van der Waals surface area (Å²) < 4.78 is 29.2. The summed E-state index contributed by atoms with van der Waals surface area (Å²) in [6.07, 6.45) is 1.86. The van der Waals surface area contributed by atoms with E-state index < -0.39 is 11.6 Å². The van der Waals surface area contributed by atoms with E-state index in [1.54, 1.807) is 0 Å². The second-order valence-corrected chi connectivity index (χ2v) is 4.65. The van der Waals surface area contributed by atoms with Crippen LogP contribution in [0.3, 0.4) is 0 Å². The van der Waals surface area contributed by atoms with E-state index >= 15 is 0 Å². The zero-order valence-electron chi connectivity index (χ0n) is 10.5. The van der Waals surface area contributed by atoms with Crippen LogP contribution >= 0.6 is 0 Å². The molecule has 0 radical (unpaired) electrons. The van der Waals surface area contributed by atoms with Gasteiger partial charge in [-0.2, -0.15) is 0 Å². The lowest BCUT2D eigenvalue weighted by molar-refractivity contribution is 0.547. The van der Waals surface area contributed by atoms with Gasteiger partial charge in [-0.25, -0.2) is 8.78 Å². The standard InChI is InChI=1S/C16H13F2N/c1-11-4-2-7-16-12(11)8-9-19(16)10-13-14(17)5-3-6-15(13)18/h2-9H,10H2,1H3. The highest BCUT2D eigenvalue weighted by Gasteiger charge is 2.10. The SMILES string of the molecule is Cc1cccc2c1ccn2Cc1c(F)cccc1F. The Bertz CT molecular complexity index is 723. The second kappa shape index (κ2) is 4.50. The third-order valence-corrected chi connectivity index (χ3v) is 3.42. The molecule has 0 amide bonds. The number of hydrogen-bond acceptors (Lipinski definition) is 0. The third kappa shape index (κ3) is 2.01. The molecular formula is C16H13F2N. The van der Waals surface area contributed by atoms with E-state index in [9.17, 15) is 8.78 Å². The highest BCUT2D eigenvalue weighted by Crippen LogP contribution is 2.22. The van der Waals surface area contributed by atoms with Gasteiger partial charge in [0, 0.05) is 22.7 Å². The van der Waals surface area contributed by atoms with Crippen molar-refractivity contribution in [2.45, 2.75) is 13.5 Å². The molecule has 0 bridgehead atoms. The molecule has 19 heavy (non-hydrogen) atoms. The molecule has 3 heteroatoms. The normalized spacial score (nSPS) is 11.1. The number of aromatic nitrogens is 1. The van der Waals surface area contributed by atoms with Crippen molar-refractivity contribution in [3.05, 3.63) is 71.4 Å². The molecule has 0 aliphatic carbocycles. The van der Waals surface area contributed by atoms with E-state index in [0.29, 0.717) is 0 Å². The van der Waals surface area contributed by atoms with Gasteiger partial charge >= 0.3 is 0 Å². The first-order valence-corrected chi connectivity index (χ1v) is 6.14. The van der Waals surface area contributed by atoms with Crippen molar-refractivity contribution in [2.24, 2.45) is 0 Å². The molecule has 2 aromatic carbocycles. The van der Waals surface area contributed by atoms with Gasteiger partial charge in [0.1, 0.15) is 11.6 Å². The monoisotopic (exact) mass is 257 g/mol. The topological polar surface area (TPSA) is 4.93 Å². The number of rotatable bonds is 2. The van der Waals surface area contributed by atoms with Gasteiger partial charge in [-0.3, -0.25) is 0 Å². The molecule has 0 spiro atoms. The fraction of sp³-hybridized carbons (Fsp3) is 0.125. The Kier molecular flexibility index (Phi) is 2.82. The van der Waals surface area contributed by atoms with Crippen LogP contribution in [0.15, 0.2) is 48.7 Å². The smallest absolute Gasteiger partial charge is 0.131 e. The maximum atomic E-state index is 13.7. The lowest BCUT2D eigenvalue weighted by atomic mass is 10.1. The van der Waals surface area contributed by atoms with Gasteiger partial charge in [0.25, 0.3) is 0 Å². The van der Waals surface area contributed by atoms with Gasteiger partial charge in [-0.1, -0.05) is 18.2 Å². The van der Waals surface area contributed by atoms with Crippen molar-refractivity contribution in [1.29, 1.82) is 0 Å². The summed E-state index contributed by atoms with van der Waals surface area (Å²) in [5.74, 6) is -1.01. The zero-order chi connectivity index (χ0) is 13.4. The van der Waals surface area contributed by atoms with E-state index in [2.05, 4.69) is 0 Å². The van der Waals surface area contributed by atoms with Crippen LogP contribution in [0.1, 0.15) is 11.1 Å². The summed E-state index contributed by atoms with van der Waals surface area (Å²) in [5, 5.41) is 1.11. The summed E-state index contributed by atoms with van der Waals surface area (Å²) in [7, 11) is 0. The van der Waals surface area contributed by atoms with E-state index in [4.69, 9.17) is 0 Å². The fourth-order valence-electron chi connectivity index (χ4n) is 2.37. The van der Waals surface area contributed by atoms with Crippen molar-refractivity contribution in [3.63, 3.8) is 0 Å². The molecule has 0 unspecified atom stereocenters. The van der Waals surface area contributed by atoms with Crippen LogP contribution in [-0.2, 0) is 6.54 Å². The summed E-state index contributed by atoms with van der Waals surface area (Å²) in [5.41, 5.74) is 2.24. The number of halogens is 2. The minimum Gasteiger partial charge on any atom is -0.343 e. The Morgan fingerprint density at radius 2 is 1.63 bits per heavy atom. The van der Waals surface area contributed by atoms with Crippen LogP contribution in [0.25, 0.3) is 10.9 Å². The molecule has 0 saturated carbocycles. The molecule has 1 heterocycles. The lowest BCUT2D eigenvalue weighted by Gasteiger charge is -2.08. The van der Waals surface area contributed by atoms with Crippen LogP contribution in [0.2, 0.25) is 0 Å². The number of fused-ring (bicyclic) bond motifs is 1. The largest absolute Gasteiger partial charge is 0.343 e. The van der Waals surface area contributed by atoms with E-state index in [-0.39, 0.29) is 12.1 Å². The molecule has 1 nitrogen and oxygen atoms in total. The first-order valence-electron chi connectivity index (χ1n) is 6.14. The number of nitrogens with zero attached hydrogens (tertiary/aromatic N) is 1. The first-order chi connectivity index (χ1) is 9.16. The molecule has 0 atom stereocenters. The van der Waals surface area contributed by atoms with Crippen LogP contribution in [-0.4, -0.2) is 4.57 Å². The summed E-state index contributed by atoms with van der Waals surface area (Å²) in [4.78, 5) is 0. The summed E-state index contributed by atoms with van der Waals surface area (Å²) >= 11 is 0. The molecule has 0 aliphatic heterocycles. The minimum atomic E-state index is -0.505. The molecule has 96 valence electrons. The Morgan fingerprint density at radius 3 is 2.37 bits per heavy atom. The minimum absolute atomic E-state index is 0.0986. The van der Waals surface area contributed by atoms with Crippen LogP contribution in [0.4, 0.5) is 8.78 Å². The molecule has 3 rings (SSSR count). The average molecular weight is 257 g/mol. The zero-order valence-corrected chi connectivity index (χ0v) is 10.5. The molecule has 0 saturated heterocycles. The van der Waals surface area contributed by atoms with Crippen molar-refractivity contribution in [2.75, 3.05) is 0 Å². The van der Waals surface area contributed by atoms with Gasteiger partial charge in [0.2, 0.25) is 0 Å². The Hall–Kier alpha value is -2.16. The van der Waals surface area contributed by atoms with Crippen LogP contribution in [0.5, 0.6) is 0 Å². The molecular weight excluding hydrogens is 244 g/mol. The van der Waals surface area contributed by atoms with E-state index in [1.807, 2.05) is 42.0 Å². The van der Waals surface area contributed by atoms with Crippen molar-refractivity contribution in [1.82, 2.24) is 4.57 Å². The molecule has 0 fully saturated rings. The fourth-order valence-corrected chi connectivity index (χ4v) is 2.37. The third-order valence-electron chi connectivity index (χ3n) is 3.42. The highest BCUT2D eigenvalue weighted by atomic mass is 19.1. The Morgan fingerprint density at radius 1 is 0.947 bits per heavy atom. The number of benzene rings is 2. The average Bonchev–Trinajstić information content (AvgIpc) is 2.79. The van der Waals surface area contributed by atoms with Crippen LogP contribution < -0.4 is 0 Å². The van der Waals surface area contributed by atoms with Crippen molar-refractivity contribution in [3.8, 4) is 0 Å². The molecule has 1 aromatic heterocycles. The highest BCUT2D eigenvalue weighted by molar-refractivity contribution is 5.83. The van der Waals surface area contributed by atoms with Gasteiger partial charge in [-0.15, -0.1) is 0 Å². The van der Waals surface area contributed by atoms with Crippen molar-refractivity contribution >= 4 is 10.9 Å². The maximum absolute atomic E-state index is 13.7. The quantitative estimate of drug-likeness (QED) is 0.646. The van der Waals surface area contributed by atoms with E-state index in [1.165, 1.54) is 18.2 Å². The van der Waals surface area contributed by atoms with Crippen LogP contribution in [0, 0.1) is 18.6 Å². The molecule has 3 aromatic rings. The van der Waals surface area contributed by atoms with Gasteiger partial charge < -0.3 is 4.57 Å².